The largest absolute Gasteiger partial charge is 1.00 e. The van der Waals surface area contributed by atoms with Gasteiger partial charge in [-0.1, -0.05) is 107 Å². The molecule has 3 unspecified atom stereocenters. The second kappa shape index (κ2) is 32.9. The number of piperidine rings is 1. The Kier molecular flexibility index (Phi) is 27.1. The molecule has 4 aliphatic rings. The number of rotatable bonds is 6. The van der Waals surface area contributed by atoms with E-state index in [1.165, 1.54) is 77.7 Å². The molecule has 8 heterocycles. The van der Waals surface area contributed by atoms with Crippen LogP contribution in [0.3, 0.4) is 0 Å². The Balaban J connectivity index is 0.000000210. The molecule has 3 N–H and O–H groups in total. The van der Waals surface area contributed by atoms with Crippen LogP contribution in [0.4, 0.5) is 22.8 Å². The Morgan fingerprint density at radius 2 is 1.10 bits per heavy atom. The summed E-state index contributed by atoms with van der Waals surface area (Å²) in [6.07, 6.45) is 8.39. The van der Waals surface area contributed by atoms with Crippen molar-refractivity contribution < 1.29 is 85.9 Å². The van der Waals surface area contributed by atoms with Crippen LogP contribution in [0.2, 0.25) is 0 Å². The molecular weight excluding hydrogens is 1270 g/mol. The fourth-order valence-electron chi connectivity index (χ4n) is 10.4. The van der Waals surface area contributed by atoms with Gasteiger partial charge in [-0.05, 0) is 168 Å². The monoisotopic (exact) mass is 1350 g/mol. The van der Waals surface area contributed by atoms with Crippen LogP contribution in [-0.2, 0) is 23.8 Å². The van der Waals surface area contributed by atoms with Crippen LogP contribution >= 0.6 is 45.3 Å². The first-order valence-electron chi connectivity index (χ1n) is 30.0. The first-order chi connectivity index (χ1) is 42.1. The van der Waals surface area contributed by atoms with E-state index in [2.05, 4.69) is 113 Å². The number of carbonyl (C=O) groups is 2. The zero-order chi connectivity index (χ0) is 64.4. The third-order valence-electron chi connectivity index (χ3n) is 15.0. The zero-order valence-electron chi connectivity index (χ0n) is 54.6. The molecule has 0 bridgehead atoms. The standard InChI is InChI=1S/C19H23NO2S.C14H17NS.C14H15NS.C12H18F3NO5S.C8H7BO2S.B.Na.H/c1-13-9-10-16(20(11-13)18(21)22-19(2,3)4)15-12-23-17-8-6-5-7-14(15)17;2*1-10-6-7-13(15-8-10)12-9-16-14-5-3-2-4-11(12)14;1-8-5-6-9(21-22(18,19)12(13,14)15)16(7-8)10(17)20-11(2,3)4;10-9(11)7-5-12-8-4-2-1-3-6(7)8;;;/h5-8,10,12-13H,9,11H2,1-4H3;2-5,9-10,13,15H,6-8H2,1H3;2-5,9-10H,6-8H2,1H3;6,8H,5,7H2,1-4H3;1-5,10-11H;;;/q;;;;;;+1;-1/t;10-,13+;;;;;;/m.0....../s1. The average Bonchev–Trinajstić information content (AvgIpc) is 1.47. The van der Waals surface area contributed by atoms with Crippen LogP contribution in [0.1, 0.15) is 132 Å². The molecule has 13 nitrogen and oxygen atoms in total. The van der Waals surface area contributed by atoms with Gasteiger partial charge >= 0.3 is 64.5 Å². The molecule has 4 aromatic carbocycles. The van der Waals surface area contributed by atoms with E-state index in [4.69, 9.17) is 24.5 Å². The maximum atomic E-state index is 12.7. The number of alkyl halides is 3. The van der Waals surface area contributed by atoms with E-state index in [0.717, 1.165) is 70.1 Å². The topological polar surface area (TPSA) is 167 Å². The van der Waals surface area contributed by atoms with Crippen molar-refractivity contribution in [2.45, 2.75) is 131 Å². The Labute approximate surface area is 575 Å². The van der Waals surface area contributed by atoms with E-state index in [1.54, 1.807) is 49.3 Å². The summed E-state index contributed by atoms with van der Waals surface area (Å²) in [6.45, 7) is 21.8. The maximum Gasteiger partial charge on any atom is 1.00 e. The SMILES string of the molecule is CC1CC=C(OS(=O)(=O)C(F)(F)F)N(C(=O)OC(C)(C)C)C1.CC1CC=C(c2csc3ccccc23)N(C(=O)OC(C)(C)C)C1.CC1CCC(c2csc3ccccc23)=NC1.C[C@H]1CC[C@H](c2csc3ccccc23)NC1.OB(O)c1csc2ccccc12.[B].[H-].[Na+]. The fourth-order valence-corrected chi connectivity index (χ4v) is 14.8. The predicted molar refractivity (Wildman–Crippen MR) is 368 cm³/mol. The van der Waals surface area contributed by atoms with Gasteiger partial charge in [0, 0.05) is 96.7 Å². The van der Waals surface area contributed by atoms with Gasteiger partial charge < -0.3 is 30.4 Å². The van der Waals surface area contributed by atoms with Crippen molar-refractivity contribution in [3.8, 4) is 0 Å². The van der Waals surface area contributed by atoms with Gasteiger partial charge in [-0.15, -0.1) is 45.3 Å². The van der Waals surface area contributed by atoms with Gasteiger partial charge in [0.15, 0.2) is 0 Å². The molecule has 8 aromatic rings. The summed E-state index contributed by atoms with van der Waals surface area (Å²) in [7, 11) is -7.20. The average molecular weight is 1350 g/mol. The Morgan fingerprint density at radius 3 is 1.63 bits per heavy atom. The van der Waals surface area contributed by atoms with Crippen molar-refractivity contribution in [2.24, 2.45) is 28.7 Å². The molecule has 24 heteroatoms. The van der Waals surface area contributed by atoms with Gasteiger partial charge in [0.2, 0.25) is 5.88 Å². The van der Waals surface area contributed by atoms with E-state index in [9.17, 15) is 31.2 Å². The third kappa shape index (κ3) is 20.5. The van der Waals surface area contributed by atoms with E-state index in [1.807, 2.05) is 79.8 Å². The number of nitrogens with zero attached hydrogens (tertiary/aromatic N) is 3. The van der Waals surface area contributed by atoms with Crippen molar-refractivity contribution in [1.82, 2.24) is 15.1 Å². The van der Waals surface area contributed by atoms with Gasteiger partial charge in [0.05, 0.1) is 5.70 Å². The molecule has 91 heavy (non-hydrogen) atoms. The van der Waals surface area contributed by atoms with Crippen molar-refractivity contribution >= 4 is 140 Å². The molecule has 0 spiro atoms. The number of halogens is 3. The summed E-state index contributed by atoms with van der Waals surface area (Å²) in [4.78, 5) is 32.0. The number of hydrogen-bond acceptors (Lipinski definition) is 15. The molecule has 0 aliphatic carbocycles. The third-order valence-corrected chi connectivity index (χ3v) is 19.9. The van der Waals surface area contributed by atoms with Gasteiger partial charge in [-0.2, -0.15) is 21.6 Å². The maximum absolute atomic E-state index is 12.7. The van der Waals surface area contributed by atoms with E-state index in [-0.39, 0.29) is 64.4 Å². The molecule has 5 atom stereocenters. The molecule has 2 amide bonds. The summed E-state index contributed by atoms with van der Waals surface area (Å²) >= 11 is 6.93. The number of ether oxygens (including phenoxy) is 2. The number of nitrogens with one attached hydrogen (secondary N) is 1. The Bertz CT molecular complexity index is 3930. The van der Waals surface area contributed by atoms with Crippen LogP contribution in [0, 0.1) is 23.7 Å². The normalized spacial score (nSPS) is 19.4. The van der Waals surface area contributed by atoms with Crippen LogP contribution in [0.5, 0.6) is 0 Å². The minimum atomic E-state index is -5.84. The molecule has 12 rings (SSSR count). The molecule has 1 fully saturated rings. The molecule has 4 aromatic heterocycles. The van der Waals surface area contributed by atoms with Crippen molar-refractivity contribution in [1.29, 1.82) is 0 Å². The second-order valence-electron chi connectivity index (χ2n) is 25.1. The van der Waals surface area contributed by atoms with E-state index < -0.39 is 45.9 Å². The summed E-state index contributed by atoms with van der Waals surface area (Å²) in [6, 6.07) is 33.9. The van der Waals surface area contributed by atoms with Crippen LogP contribution in [0.25, 0.3) is 46.0 Å². The van der Waals surface area contributed by atoms with Gasteiger partial charge in [0.25, 0.3) is 0 Å². The second-order valence-corrected chi connectivity index (χ2v) is 30.3. The number of fused-ring (bicyclic) bond motifs is 4. The first kappa shape index (κ1) is 75.0. The molecule has 1 saturated heterocycles. The summed E-state index contributed by atoms with van der Waals surface area (Å²) in [5.41, 5.74) is -0.0497. The van der Waals surface area contributed by atoms with Crippen molar-refractivity contribution in [2.75, 3.05) is 26.2 Å². The molecular formula is C67H81B2F3N4NaO9S5. The van der Waals surface area contributed by atoms with Gasteiger partial charge in [-0.3, -0.25) is 9.89 Å². The van der Waals surface area contributed by atoms with Crippen molar-refractivity contribution in [3.63, 3.8) is 0 Å². The molecule has 4 aliphatic heterocycles. The Morgan fingerprint density at radius 1 is 0.626 bits per heavy atom. The number of allylic oxidation sites excluding steroid dienone is 2. The van der Waals surface area contributed by atoms with Crippen LogP contribution in [0.15, 0.2) is 142 Å². The predicted octanol–water partition coefficient (Wildman–Crippen LogP) is 13.9. The van der Waals surface area contributed by atoms with Crippen molar-refractivity contribution in [3.05, 3.63) is 153 Å². The first-order valence-corrected chi connectivity index (χ1v) is 34.9. The van der Waals surface area contributed by atoms with E-state index >= 15 is 0 Å². The number of amides is 2. The number of hydrogen-bond donors (Lipinski definition) is 3. The van der Waals surface area contributed by atoms with Crippen LogP contribution < -0.4 is 40.3 Å². The fraction of sp³-hybridized carbons (Fsp3) is 0.418. The minimum Gasteiger partial charge on any atom is -1.00 e. The van der Waals surface area contributed by atoms with Gasteiger partial charge in [0.1, 0.15) is 11.2 Å². The smallest absolute Gasteiger partial charge is 1.00 e. The number of thiophene rings is 4. The minimum absolute atomic E-state index is 0. The summed E-state index contributed by atoms with van der Waals surface area (Å²) < 4.78 is 79.2. The molecule has 481 valence electrons. The number of aliphatic imine (C=N–C) groups is 1. The van der Waals surface area contributed by atoms with E-state index in [0.29, 0.717) is 24.0 Å². The quantitative estimate of drug-likeness (QED) is 0.0828. The molecule has 3 radical (unpaired) electrons. The summed E-state index contributed by atoms with van der Waals surface area (Å²) in [5, 5.41) is 35.1. The van der Waals surface area contributed by atoms with Gasteiger partial charge in [-0.25, -0.2) is 14.5 Å². The summed E-state index contributed by atoms with van der Waals surface area (Å²) in [5.74, 6) is 1.27. The number of carbonyl (C=O) groups excluding carboxylic acids is 2. The van der Waals surface area contributed by atoms with Crippen LogP contribution in [-0.4, -0.2) is 105 Å². The Hall–Kier alpha value is -5.04. The number of benzene rings is 4. The molecule has 0 saturated carbocycles. The zero-order valence-corrected chi connectivity index (χ0v) is 59.7.